The molecule has 0 bridgehead atoms. The molecule has 0 radical (unpaired) electrons. The summed E-state index contributed by atoms with van der Waals surface area (Å²) in [6, 6.07) is -0.884. The van der Waals surface area contributed by atoms with Crippen LogP contribution in [0.3, 0.4) is 0 Å². The van der Waals surface area contributed by atoms with Gasteiger partial charge in [-0.25, -0.2) is 0 Å². The highest BCUT2D eigenvalue weighted by Crippen LogP contribution is 2.34. The Morgan fingerprint density at radius 3 is 0.870 bits per heavy atom. The highest BCUT2D eigenvalue weighted by Gasteiger charge is 2.54. The number of carbonyl (C=O) groups is 1. The number of unbranched alkanes of at least 4 members (excludes halogenated alkanes) is 53. The van der Waals surface area contributed by atoms with Gasteiger partial charge in [0.1, 0.15) is 73.2 Å². The predicted octanol–water partition coefficient (Wildman–Crippen LogP) is 14.6. The molecule has 0 aliphatic carbocycles. The van der Waals surface area contributed by atoms with Gasteiger partial charge < -0.3 is 89.9 Å². The number of hydrogen-bond donors (Lipinski definition) is 12. The minimum Gasteiger partial charge on any atom is -0.394 e. The Kier molecular flexibility index (Phi) is 58.4. The van der Waals surface area contributed by atoms with E-state index in [9.17, 15) is 61.0 Å². The molecule has 3 aliphatic rings. The maximum atomic E-state index is 13.5. The first-order chi connectivity index (χ1) is 48.8. The van der Waals surface area contributed by atoms with Gasteiger partial charge in [0, 0.05) is 6.42 Å². The summed E-state index contributed by atoms with van der Waals surface area (Å²) in [6.07, 6.45) is 46.3. The van der Waals surface area contributed by atoms with Crippen molar-refractivity contribution in [2.24, 2.45) is 0 Å². The molecular weight excluding hydrogens is 1270 g/mol. The summed E-state index contributed by atoms with van der Waals surface area (Å²) in [5.41, 5.74) is 0. The van der Waals surface area contributed by atoms with Crippen molar-refractivity contribution in [1.82, 2.24) is 5.32 Å². The second-order valence-electron chi connectivity index (χ2n) is 30.7. The standard InChI is InChI=1S/C81H157NO18/c1-3-5-7-9-11-13-15-17-19-21-23-25-27-29-31-33-35-37-39-41-43-45-47-49-51-53-55-57-59-69(87)82-64(65(86)58-56-54-52-50-48-46-44-42-40-38-36-34-32-30-28-26-24-22-20-18-16-14-12-10-8-6-4-2)63-95-79-75(93)72(90)77(67(61-84)97-79)100-81-76(94)73(91)78(68(62-85)98-81)99-80-74(92)71(89)70(88)66(60-83)96-80/h64-68,70-81,83-86,88-94H,3-63H2,1-2H3,(H,82,87). The Hall–Kier alpha value is -1.21. The second kappa shape index (κ2) is 62.8. The molecule has 0 spiro atoms. The number of hydrogen-bond acceptors (Lipinski definition) is 18. The van der Waals surface area contributed by atoms with Crippen molar-refractivity contribution >= 4 is 5.91 Å². The van der Waals surface area contributed by atoms with Gasteiger partial charge in [0.15, 0.2) is 18.9 Å². The van der Waals surface area contributed by atoms with Crippen molar-refractivity contribution in [1.29, 1.82) is 0 Å². The van der Waals surface area contributed by atoms with E-state index in [0.717, 1.165) is 44.9 Å². The van der Waals surface area contributed by atoms with Gasteiger partial charge >= 0.3 is 0 Å². The summed E-state index contributed by atoms with van der Waals surface area (Å²) in [7, 11) is 0. The topological polar surface area (TPSA) is 307 Å². The second-order valence-corrected chi connectivity index (χ2v) is 30.7. The summed E-state index contributed by atoms with van der Waals surface area (Å²) < 4.78 is 34.6. The average Bonchev–Trinajstić information content (AvgIpc) is 0.782. The van der Waals surface area contributed by atoms with Crippen molar-refractivity contribution in [2.45, 2.75) is 484 Å². The third-order valence-corrected chi connectivity index (χ3v) is 21.7. The van der Waals surface area contributed by atoms with E-state index in [4.69, 9.17) is 28.4 Å². The van der Waals surface area contributed by atoms with Crippen molar-refractivity contribution in [3.63, 3.8) is 0 Å². The van der Waals surface area contributed by atoms with Gasteiger partial charge in [-0.1, -0.05) is 361 Å². The first-order valence-electron chi connectivity index (χ1n) is 42.3. The molecule has 19 heteroatoms. The van der Waals surface area contributed by atoms with Crippen molar-refractivity contribution in [2.75, 3.05) is 26.4 Å². The molecule has 0 aromatic rings. The van der Waals surface area contributed by atoms with Crippen molar-refractivity contribution in [3.05, 3.63) is 0 Å². The van der Waals surface area contributed by atoms with Crippen molar-refractivity contribution in [3.8, 4) is 0 Å². The molecule has 17 atom stereocenters. The Bertz CT molecular complexity index is 1810. The lowest BCUT2D eigenvalue weighted by Gasteiger charge is -2.48. The predicted molar refractivity (Wildman–Crippen MR) is 397 cm³/mol. The molecule has 3 rings (SSSR count). The molecule has 3 saturated heterocycles. The Morgan fingerprint density at radius 1 is 0.320 bits per heavy atom. The van der Waals surface area contributed by atoms with Gasteiger partial charge in [-0.2, -0.15) is 0 Å². The molecule has 1 amide bonds. The van der Waals surface area contributed by atoms with Crippen LogP contribution in [0.4, 0.5) is 0 Å². The summed E-state index contributed by atoms with van der Waals surface area (Å²) >= 11 is 0. The van der Waals surface area contributed by atoms with Gasteiger partial charge in [-0.15, -0.1) is 0 Å². The molecule has 3 aliphatic heterocycles. The number of ether oxygens (including phenoxy) is 6. The van der Waals surface area contributed by atoms with Gasteiger partial charge in [0.05, 0.1) is 38.6 Å². The quantitative estimate of drug-likeness (QED) is 0.0252. The largest absolute Gasteiger partial charge is 0.394 e. The molecule has 17 unspecified atom stereocenters. The highest BCUT2D eigenvalue weighted by atomic mass is 16.8. The van der Waals surface area contributed by atoms with Crippen LogP contribution in [0.15, 0.2) is 0 Å². The van der Waals surface area contributed by atoms with E-state index in [2.05, 4.69) is 19.2 Å². The molecule has 3 heterocycles. The number of amides is 1. The molecule has 0 aromatic carbocycles. The Balaban J connectivity index is 1.35. The van der Waals surface area contributed by atoms with Crippen LogP contribution in [0.25, 0.3) is 0 Å². The molecule has 0 saturated carbocycles. The zero-order valence-corrected chi connectivity index (χ0v) is 63.7. The van der Waals surface area contributed by atoms with E-state index in [-0.39, 0.29) is 18.9 Å². The van der Waals surface area contributed by atoms with Crippen LogP contribution < -0.4 is 5.32 Å². The Morgan fingerprint density at radius 2 is 0.570 bits per heavy atom. The normalized spacial score (nSPS) is 26.4. The van der Waals surface area contributed by atoms with Gasteiger partial charge in [-0.05, 0) is 12.8 Å². The van der Waals surface area contributed by atoms with E-state index in [1.807, 2.05) is 0 Å². The van der Waals surface area contributed by atoms with Gasteiger partial charge in [-0.3, -0.25) is 4.79 Å². The molecule has 0 aromatic heterocycles. The zero-order valence-electron chi connectivity index (χ0n) is 63.7. The van der Waals surface area contributed by atoms with Crippen LogP contribution in [0, 0.1) is 0 Å². The fourth-order valence-electron chi connectivity index (χ4n) is 14.9. The van der Waals surface area contributed by atoms with Gasteiger partial charge in [0.2, 0.25) is 5.91 Å². The Labute approximate surface area is 608 Å². The lowest BCUT2D eigenvalue weighted by Crippen LogP contribution is -2.66. The third kappa shape index (κ3) is 42.4. The van der Waals surface area contributed by atoms with E-state index >= 15 is 0 Å². The van der Waals surface area contributed by atoms with Crippen molar-refractivity contribution < 1.29 is 89.4 Å². The van der Waals surface area contributed by atoms with Crippen LogP contribution in [-0.2, 0) is 33.2 Å². The highest BCUT2D eigenvalue weighted by molar-refractivity contribution is 5.76. The molecule has 3 fully saturated rings. The molecule has 19 nitrogen and oxygen atoms in total. The minimum absolute atomic E-state index is 0.232. The van der Waals surface area contributed by atoms with Crippen LogP contribution in [0.2, 0.25) is 0 Å². The van der Waals surface area contributed by atoms with E-state index < -0.39 is 124 Å². The fraction of sp³-hybridized carbons (Fsp3) is 0.988. The molecule has 12 N–H and O–H groups in total. The molecular formula is C81H157NO18. The van der Waals surface area contributed by atoms with E-state index in [0.29, 0.717) is 12.8 Å². The maximum absolute atomic E-state index is 13.5. The lowest BCUT2D eigenvalue weighted by molar-refractivity contribution is -0.379. The maximum Gasteiger partial charge on any atom is 0.220 e. The zero-order chi connectivity index (χ0) is 72.5. The summed E-state index contributed by atoms with van der Waals surface area (Å²) in [5.74, 6) is -0.232. The van der Waals surface area contributed by atoms with Crippen LogP contribution >= 0.6 is 0 Å². The van der Waals surface area contributed by atoms with Gasteiger partial charge in [0.25, 0.3) is 0 Å². The fourth-order valence-corrected chi connectivity index (χ4v) is 14.9. The number of rotatable bonds is 69. The summed E-state index contributed by atoms with van der Waals surface area (Å²) in [6.45, 7) is 1.88. The van der Waals surface area contributed by atoms with Crippen LogP contribution in [-0.4, -0.2) is 193 Å². The first kappa shape index (κ1) is 93.0. The average molecular weight is 1430 g/mol. The third-order valence-electron chi connectivity index (χ3n) is 21.7. The van der Waals surface area contributed by atoms with E-state index in [1.165, 1.54) is 302 Å². The first-order valence-corrected chi connectivity index (χ1v) is 42.3. The minimum atomic E-state index is -1.97. The summed E-state index contributed by atoms with van der Waals surface area (Å²) in [4.78, 5) is 13.5. The number of aliphatic hydroxyl groups is 11. The monoisotopic (exact) mass is 1430 g/mol. The van der Waals surface area contributed by atoms with E-state index in [1.54, 1.807) is 0 Å². The molecule has 100 heavy (non-hydrogen) atoms. The van der Waals surface area contributed by atoms with Crippen LogP contribution in [0.1, 0.15) is 380 Å². The number of carbonyl (C=O) groups excluding carboxylic acids is 1. The lowest BCUT2D eigenvalue weighted by atomic mass is 9.96. The SMILES string of the molecule is CCCCCCCCCCCCCCCCCCCCCCCCCCCCCCC(=O)NC(COC1OC(CO)C(OC2OC(CO)C(OC3OC(CO)C(O)C(O)C3O)C(O)C2O)C(O)C1O)C(O)CCCCCCCCCCCCCCCCCCCCCCCCCCCCC. The number of aliphatic hydroxyl groups excluding tert-OH is 11. The smallest absolute Gasteiger partial charge is 0.220 e. The van der Waals surface area contributed by atoms with Crippen LogP contribution in [0.5, 0.6) is 0 Å². The number of nitrogens with one attached hydrogen (secondary N) is 1. The summed E-state index contributed by atoms with van der Waals surface area (Å²) in [5, 5.41) is 121. The molecule has 594 valence electrons.